The van der Waals surface area contributed by atoms with Crippen molar-refractivity contribution in [2.45, 2.75) is 6.92 Å². The van der Waals surface area contributed by atoms with Crippen molar-refractivity contribution in [3.05, 3.63) is 40.5 Å². The fourth-order valence-corrected chi connectivity index (χ4v) is 1.42. The number of carbonyl (C=O) groups is 1. The van der Waals surface area contributed by atoms with E-state index >= 15 is 0 Å². The van der Waals surface area contributed by atoms with Gasteiger partial charge in [-0.15, -0.1) is 0 Å². The highest BCUT2D eigenvalue weighted by molar-refractivity contribution is 6.30. The molecule has 8 heteroatoms. The number of nitrogens with two attached hydrogens (primary N) is 1. The first-order valence-electron chi connectivity index (χ1n) is 5.26. The van der Waals surface area contributed by atoms with E-state index in [1.165, 1.54) is 0 Å². The molecule has 0 aliphatic heterocycles. The van der Waals surface area contributed by atoms with Crippen LogP contribution in [0.25, 0.3) is 0 Å². The summed E-state index contributed by atoms with van der Waals surface area (Å²) in [4.78, 5) is 11.6. The lowest BCUT2D eigenvalue weighted by Crippen LogP contribution is -2.20. The number of carbonyl (C=O) groups excluding carboxylic acids is 1. The van der Waals surface area contributed by atoms with Crippen LogP contribution >= 0.6 is 11.6 Å². The summed E-state index contributed by atoms with van der Waals surface area (Å²) in [5.74, 6) is -0.677. The zero-order chi connectivity index (χ0) is 13.8. The van der Waals surface area contributed by atoms with Gasteiger partial charge in [0.2, 0.25) is 11.5 Å². The molecular weight excluding hydrogens is 270 g/mol. The lowest BCUT2D eigenvalue weighted by molar-refractivity contribution is 0.0945. The fraction of sp³-hybridized carbons (Fsp3) is 0.0909. The second kappa shape index (κ2) is 5.49. The average Bonchev–Trinajstić information content (AvgIpc) is 2.83. The number of nitrogen functional groups attached to an aromatic ring is 1. The number of nitrogens with zero attached hydrogens (tertiary/aromatic N) is 3. The topological polar surface area (TPSA) is 106 Å². The van der Waals surface area contributed by atoms with Gasteiger partial charge in [-0.2, -0.15) is 5.10 Å². The molecule has 0 spiro atoms. The van der Waals surface area contributed by atoms with Gasteiger partial charge in [-0.1, -0.05) is 23.7 Å². The van der Waals surface area contributed by atoms with Gasteiger partial charge in [-0.25, -0.2) is 10.1 Å². The standard InChI is InChI=1S/C11H10ClN5O2/c1-6(7-2-4-8(12)5-3-7)14-15-11(18)9-10(13)17-19-16-9/h2-5H,1H3,(H2,13,17)(H,15,18)/b14-6+. The fourth-order valence-electron chi connectivity index (χ4n) is 1.30. The van der Waals surface area contributed by atoms with Crippen molar-refractivity contribution in [3.63, 3.8) is 0 Å². The van der Waals surface area contributed by atoms with Gasteiger partial charge in [-0.05, 0) is 34.9 Å². The molecule has 0 saturated carbocycles. The van der Waals surface area contributed by atoms with E-state index in [4.69, 9.17) is 17.3 Å². The van der Waals surface area contributed by atoms with E-state index in [0.717, 1.165) is 5.56 Å². The summed E-state index contributed by atoms with van der Waals surface area (Å²) >= 11 is 5.78. The van der Waals surface area contributed by atoms with E-state index < -0.39 is 5.91 Å². The molecule has 0 unspecified atom stereocenters. The van der Waals surface area contributed by atoms with Crippen LogP contribution in [0.5, 0.6) is 0 Å². The van der Waals surface area contributed by atoms with E-state index in [0.29, 0.717) is 10.7 Å². The molecule has 0 aliphatic carbocycles. The molecule has 19 heavy (non-hydrogen) atoms. The number of anilines is 1. The summed E-state index contributed by atoms with van der Waals surface area (Å²) in [5, 5.41) is 11.2. The number of hydrogen-bond acceptors (Lipinski definition) is 6. The second-order valence-corrected chi connectivity index (χ2v) is 4.08. The smallest absolute Gasteiger partial charge is 0.297 e. The van der Waals surface area contributed by atoms with Crippen LogP contribution < -0.4 is 11.2 Å². The molecule has 98 valence electrons. The van der Waals surface area contributed by atoms with Gasteiger partial charge in [0.1, 0.15) is 0 Å². The van der Waals surface area contributed by atoms with E-state index in [1.54, 1.807) is 31.2 Å². The Morgan fingerprint density at radius 1 is 1.37 bits per heavy atom. The van der Waals surface area contributed by atoms with E-state index in [9.17, 15) is 4.79 Å². The van der Waals surface area contributed by atoms with Crippen molar-refractivity contribution in [1.82, 2.24) is 15.7 Å². The monoisotopic (exact) mass is 279 g/mol. The Labute approximate surface area is 113 Å². The lowest BCUT2D eigenvalue weighted by Gasteiger charge is -2.01. The van der Waals surface area contributed by atoms with Crippen LogP contribution in [0.1, 0.15) is 23.0 Å². The number of benzene rings is 1. The number of rotatable bonds is 3. The van der Waals surface area contributed by atoms with Crippen LogP contribution in [0.15, 0.2) is 34.0 Å². The number of amides is 1. The third kappa shape index (κ3) is 3.08. The maximum atomic E-state index is 11.6. The van der Waals surface area contributed by atoms with Crippen LogP contribution in [-0.2, 0) is 0 Å². The molecule has 0 bridgehead atoms. The lowest BCUT2D eigenvalue weighted by atomic mass is 10.1. The Bertz CT molecular complexity index is 620. The molecule has 1 aromatic carbocycles. The van der Waals surface area contributed by atoms with E-state index in [1.807, 2.05) is 0 Å². The number of nitrogens with one attached hydrogen (secondary N) is 1. The number of hydrazone groups is 1. The first-order chi connectivity index (χ1) is 9.08. The highest BCUT2D eigenvalue weighted by Gasteiger charge is 2.15. The highest BCUT2D eigenvalue weighted by atomic mass is 35.5. The zero-order valence-electron chi connectivity index (χ0n) is 9.92. The van der Waals surface area contributed by atoms with Gasteiger partial charge in [-0.3, -0.25) is 4.79 Å². The average molecular weight is 280 g/mol. The molecule has 0 atom stereocenters. The Balaban J connectivity index is 2.08. The number of halogens is 1. The van der Waals surface area contributed by atoms with Crippen molar-refractivity contribution < 1.29 is 9.42 Å². The summed E-state index contributed by atoms with van der Waals surface area (Å²) in [6, 6.07) is 7.05. The molecule has 2 rings (SSSR count). The normalized spacial score (nSPS) is 11.4. The minimum atomic E-state index is -0.591. The number of hydrogen-bond donors (Lipinski definition) is 2. The van der Waals surface area contributed by atoms with Gasteiger partial charge in [0.25, 0.3) is 5.91 Å². The van der Waals surface area contributed by atoms with Gasteiger partial charge in [0, 0.05) is 5.02 Å². The zero-order valence-corrected chi connectivity index (χ0v) is 10.7. The molecule has 0 aliphatic rings. The second-order valence-electron chi connectivity index (χ2n) is 3.64. The van der Waals surface area contributed by atoms with Gasteiger partial charge < -0.3 is 5.73 Å². The predicted molar refractivity (Wildman–Crippen MR) is 69.8 cm³/mol. The third-order valence-electron chi connectivity index (χ3n) is 2.32. The van der Waals surface area contributed by atoms with Crippen molar-refractivity contribution in [3.8, 4) is 0 Å². The van der Waals surface area contributed by atoms with Gasteiger partial charge in [0.05, 0.1) is 5.71 Å². The number of aromatic nitrogens is 2. The summed E-state index contributed by atoms with van der Waals surface area (Å²) in [7, 11) is 0. The molecule has 0 saturated heterocycles. The Kier molecular flexibility index (Phi) is 3.76. The maximum Gasteiger partial charge on any atom is 0.297 e. The van der Waals surface area contributed by atoms with Crippen LogP contribution in [0.2, 0.25) is 5.02 Å². The van der Waals surface area contributed by atoms with Crippen LogP contribution in [0, 0.1) is 0 Å². The summed E-state index contributed by atoms with van der Waals surface area (Å²) in [6.45, 7) is 1.74. The molecule has 0 radical (unpaired) electrons. The van der Waals surface area contributed by atoms with Crippen LogP contribution in [-0.4, -0.2) is 21.9 Å². The van der Waals surface area contributed by atoms with Gasteiger partial charge in [0.15, 0.2) is 0 Å². The van der Waals surface area contributed by atoms with Crippen molar-refractivity contribution in [2.75, 3.05) is 5.73 Å². The quantitative estimate of drug-likeness (QED) is 0.653. The molecule has 2 aromatic rings. The Morgan fingerprint density at radius 2 is 2.05 bits per heavy atom. The molecule has 0 fully saturated rings. The highest BCUT2D eigenvalue weighted by Crippen LogP contribution is 2.10. The Hall–Kier alpha value is -2.41. The van der Waals surface area contributed by atoms with Crippen molar-refractivity contribution in [1.29, 1.82) is 0 Å². The SMILES string of the molecule is C/C(=N\NC(=O)c1nonc1N)c1ccc(Cl)cc1. The summed E-state index contributed by atoms with van der Waals surface area (Å²) in [6.07, 6.45) is 0. The molecule has 1 aromatic heterocycles. The van der Waals surface area contributed by atoms with Crippen LogP contribution in [0.3, 0.4) is 0 Å². The largest absolute Gasteiger partial charge is 0.379 e. The molecular formula is C11H10ClN5O2. The van der Waals surface area contributed by atoms with Crippen molar-refractivity contribution in [2.24, 2.45) is 5.10 Å². The first-order valence-corrected chi connectivity index (χ1v) is 5.64. The molecule has 1 heterocycles. The van der Waals surface area contributed by atoms with Gasteiger partial charge >= 0.3 is 0 Å². The molecule has 1 amide bonds. The minimum absolute atomic E-state index is 0.0863. The molecule has 3 N–H and O–H groups in total. The Morgan fingerprint density at radius 3 is 2.63 bits per heavy atom. The van der Waals surface area contributed by atoms with Crippen molar-refractivity contribution >= 4 is 29.0 Å². The first kappa shape index (κ1) is 13.0. The molecule has 7 nitrogen and oxygen atoms in total. The summed E-state index contributed by atoms with van der Waals surface area (Å²) < 4.78 is 4.32. The third-order valence-corrected chi connectivity index (χ3v) is 2.57. The minimum Gasteiger partial charge on any atom is -0.379 e. The maximum absolute atomic E-state index is 11.6. The van der Waals surface area contributed by atoms with E-state index in [2.05, 4.69) is 25.5 Å². The van der Waals surface area contributed by atoms with Crippen LogP contribution in [0.4, 0.5) is 5.82 Å². The predicted octanol–water partition coefficient (Wildman–Crippen LogP) is 1.46. The summed E-state index contributed by atoms with van der Waals surface area (Å²) in [5.41, 5.74) is 9.03. The van der Waals surface area contributed by atoms with E-state index in [-0.39, 0.29) is 11.5 Å².